The van der Waals surface area contributed by atoms with Crippen molar-refractivity contribution in [2.45, 2.75) is 25.4 Å². The predicted octanol–water partition coefficient (Wildman–Crippen LogP) is 3.26. The van der Waals surface area contributed by atoms with E-state index < -0.39 is 5.60 Å². The van der Waals surface area contributed by atoms with Gasteiger partial charge in [-0.15, -0.1) is 0 Å². The molecule has 1 amide bonds. The summed E-state index contributed by atoms with van der Waals surface area (Å²) < 4.78 is 13.0. The van der Waals surface area contributed by atoms with Gasteiger partial charge in [0, 0.05) is 23.5 Å². The van der Waals surface area contributed by atoms with Crippen LogP contribution in [-0.2, 0) is 16.8 Å². The third kappa shape index (κ3) is 4.06. The minimum atomic E-state index is -1.25. The lowest BCUT2D eigenvalue weighted by atomic mass is 9.96. The van der Waals surface area contributed by atoms with Crippen LogP contribution in [0.25, 0.3) is 10.9 Å². The Morgan fingerprint density at radius 2 is 1.92 bits per heavy atom. The minimum Gasteiger partial charge on any atom is -0.384 e. The Morgan fingerprint density at radius 3 is 2.68 bits per heavy atom. The van der Waals surface area contributed by atoms with Gasteiger partial charge in [-0.25, -0.2) is 4.39 Å². The number of fused-ring (bicyclic) bond motifs is 1. The lowest BCUT2D eigenvalue weighted by Gasteiger charge is -2.24. The molecule has 0 radical (unpaired) electrons. The second kappa shape index (κ2) is 7.07. The van der Waals surface area contributed by atoms with Crippen molar-refractivity contribution in [3.8, 4) is 0 Å². The number of carbonyl (C=O) groups is 1. The third-order valence-corrected chi connectivity index (χ3v) is 4.39. The van der Waals surface area contributed by atoms with Crippen molar-refractivity contribution in [2.24, 2.45) is 0 Å². The van der Waals surface area contributed by atoms with Crippen LogP contribution in [-0.4, -0.2) is 22.5 Å². The third-order valence-electron chi connectivity index (χ3n) is 4.39. The molecule has 25 heavy (non-hydrogen) atoms. The maximum absolute atomic E-state index is 13.0. The number of halogens is 1. The summed E-state index contributed by atoms with van der Waals surface area (Å²) in [5.41, 5.74) is 1.46. The van der Waals surface area contributed by atoms with Gasteiger partial charge >= 0.3 is 0 Å². The lowest BCUT2D eigenvalue weighted by Crippen LogP contribution is -2.38. The number of para-hydroxylation sites is 1. The summed E-state index contributed by atoms with van der Waals surface area (Å²) >= 11 is 0. The van der Waals surface area contributed by atoms with Gasteiger partial charge in [-0.05, 0) is 42.7 Å². The zero-order valence-corrected chi connectivity index (χ0v) is 14.1. The van der Waals surface area contributed by atoms with E-state index in [1.165, 1.54) is 24.3 Å². The predicted molar refractivity (Wildman–Crippen MR) is 95.6 cm³/mol. The first-order valence-corrected chi connectivity index (χ1v) is 8.26. The van der Waals surface area contributed by atoms with Crippen molar-refractivity contribution in [3.05, 3.63) is 71.7 Å². The molecule has 130 valence electrons. The molecule has 1 unspecified atom stereocenters. The molecule has 0 spiro atoms. The van der Waals surface area contributed by atoms with Crippen LogP contribution >= 0.6 is 0 Å². The van der Waals surface area contributed by atoms with Crippen molar-refractivity contribution in [1.82, 2.24) is 10.3 Å². The van der Waals surface area contributed by atoms with Gasteiger partial charge in [0.2, 0.25) is 5.91 Å². The van der Waals surface area contributed by atoms with E-state index in [4.69, 9.17) is 0 Å². The van der Waals surface area contributed by atoms with Gasteiger partial charge in [0.05, 0.1) is 6.54 Å². The average Bonchev–Trinajstić information content (AvgIpc) is 3.02. The van der Waals surface area contributed by atoms with Crippen LogP contribution < -0.4 is 5.32 Å². The Balaban J connectivity index is 1.55. The Bertz CT molecular complexity index is 869. The topological polar surface area (TPSA) is 65.1 Å². The molecule has 1 atom stereocenters. The summed E-state index contributed by atoms with van der Waals surface area (Å²) in [6.07, 6.45) is 2.88. The molecule has 1 aromatic heterocycles. The maximum atomic E-state index is 13.0. The molecule has 0 fully saturated rings. The highest BCUT2D eigenvalue weighted by Gasteiger charge is 2.23. The van der Waals surface area contributed by atoms with Gasteiger partial charge in [0.1, 0.15) is 11.4 Å². The van der Waals surface area contributed by atoms with Crippen LogP contribution in [0.5, 0.6) is 0 Å². The van der Waals surface area contributed by atoms with E-state index in [-0.39, 0.29) is 18.3 Å². The van der Waals surface area contributed by atoms with Gasteiger partial charge in [0.15, 0.2) is 0 Å². The molecule has 0 aliphatic heterocycles. The number of hydrogen-bond donors (Lipinski definition) is 3. The second-order valence-electron chi connectivity index (χ2n) is 6.42. The Morgan fingerprint density at radius 1 is 1.20 bits per heavy atom. The number of aryl methyl sites for hydroxylation is 1. The molecule has 3 rings (SSSR count). The Kier molecular flexibility index (Phi) is 4.86. The zero-order valence-electron chi connectivity index (χ0n) is 14.1. The fourth-order valence-electron chi connectivity index (χ4n) is 2.86. The summed E-state index contributed by atoms with van der Waals surface area (Å²) in [7, 11) is 0. The molecule has 0 aliphatic rings. The fourth-order valence-corrected chi connectivity index (χ4v) is 2.86. The van der Waals surface area contributed by atoms with Crippen LogP contribution in [0.3, 0.4) is 0 Å². The summed E-state index contributed by atoms with van der Waals surface area (Å²) in [4.78, 5) is 15.3. The zero-order chi connectivity index (χ0) is 17.9. The van der Waals surface area contributed by atoms with Crippen molar-refractivity contribution < 1.29 is 14.3 Å². The van der Waals surface area contributed by atoms with Crippen molar-refractivity contribution >= 4 is 16.8 Å². The van der Waals surface area contributed by atoms with Gasteiger partial charge in [0.25, 0.3) is 0 Å². The molecule has 0 bridgehead atoms. The van der Waals surface area contributed by atoms with Crippen LogP contribution in [0.2, 0.25) is 0 Å². The average molecular weight is 340 g/mol. The van der Waals surface area contributed by atoms with Crippen LogP contribution in [0.1, 0.15) is 24.5 Å². The summed E-state index contributed by atoms with van der Waals surface area (Å²) in [5.74, 6) is -0.491. The number of aliphatic hydroxyl groups is 1. The molecule has 0 saturated heterocycles. The van der Waals surface area contributed by atoms with E-state index in [0.29, 0.717) is 18.4 Å². The van der Waals surface area contributed by atoms with Crippen molar-refractivity contribution in [1.29, 1.82) is 0 Å². The van der Waals surface area contributed by atoms with E-state index >= 15 is 0 Å². The first-order valence-electron chi connectivity index (χ1n) is 8.26. The molecule has 0 saturated carbocycles. The van der Waals surface area contributed by atoms with Gasteiger partial charge in [-0.3, -0.25) is 4.79 Å². The van der Waals surface area contributed by atoms with Crippen molar-refractivity contribution in [3.63, 3.8) is 0 Å². The highest BCUT2D eigenvalue weighted by molar-refractivity contribution is 5.84. The number of aromatic nitrogens is 1. The molecule has 3 aromatic rings. The number of benzene rings is 2. The summed E-state index contributed by atoms with van der Waals surface area (Å²) in [6, 6.07) is 13.6. The highest BCUT2D eigenvalue weighted by Crippen LogP contribution is 2.21. The molecular formula is C20H21FN2O2. The molecule has 1 heterocycles. The number of carbonyl (C=O) groups excluding carboxylic acids is 1. The quantitative estimate of drug-likeness (QED) is 0.645. The maximum Gasteiger partial charge on any atom is 0.220 e. The molecule has 0 aliphatic carbocycles. The number of aromatic amines is 1. The molecule has 5 heteroatoms. The second-order valence-corrected chi connectivity index (χ2v) is 6.42. The van der Waals surface area contributed by atoms with Gasteiger partial charge in [-0.2, -0.15) is 0 Å². The van der Waals surface area contributed by atoms with Gasteiger partial charge < -0.3 is 15.4 Å². The monoisotopic (exact) mass is 340 g/mol. The number of rotatable bonds is 6. The molecule has 4 nitrogen and oxygen atoms in total. The molecular weight excluding hydrogens is 319 g/mol. The number of amides is 1. The van der Waals surface area contributed by atoms with Crippen LogP contribution in [0, 0.1) is 5.82 Å². The number of hydrogen-bond acceptors (Lipinski definition) is 2. The van der Waals surface area contributed by atoms with E-state index in [1.807, 2.05) is 30.5 Å². The fraction of sp³-hybridized carbons (Fsp3) is 0.250. The van der Waals surface area contributed by atoms with E-state index in [2.05, 4.69) is 10.3 Å². The summed E-state index contributed by atoms with van der Waals surface area (Å²) in [5, 5.41) is 14.3. The lowest BCUT2D eigenvalue weighted by molar-refractivity contribution is -0.122. The number of nitrogens with one attached hydrogen (secondary N) is 2. The largest absolute Gasteiger partial charge is 0.384 e. The summed E-state index contributed by atoms with van der Waals surface area (Å²) in [6.45, 7) is 1.67. The van der Waals surface area contributed by atoms with E-state index in [1.54, 1.807) is 6.92 Å². The minimum absolute atomic E-state index is 0.0748. The Hall–Kier alpha value is -2.66. The van der Waals surface area contributed by atoms with Crippen LogP contribution in [0.4, 0.5) is 4.39 Å². The smallest absolute Gasteiger partial charge is 0.220 e. The van der Waals surface area contributed by atoms with Gasteiger partial charge in [-0.1, -0.05) is 30.3 Å². The highest BCUT2D eigenvalue weighted by atomic mass is 19.1. The first-order chi connectivity index (χ1) is 12.0. The molecule has 2 aromatic carbocycles. The normalized spacial score (nSPS) is 13.6. The first kappa shape index (κ1) is 17.2. The van der Waals surface area contributed by atoms with E-state index in [9.17, 15) is 14.3 Å². The van der Waals surface area contributed by atoms with E-state index in [0.717, 1.165) is 16.5 Å². The Labute approximate surface area is 145 Å². The number of H-pyrrole nitrogens is 1. The standard InChI is InChI=1S/C20H21FN2O2/c1-20(25,15-7-9-16(21)10-8-15)13-23-19(24)11-6-14-12-22-18-5-3-2-4-17(14)18/h2-5,7-10,12,22,25H,6,11,13H2,1H3,(H,23,24). The van der Waals surface area contributed by atoms with Crippen LogP contribution in [0.15, 0.2) is 54.7 Å². The SMILES string of the molecule is CC(O)(CNC(=O)CCc1c[nH]c2ccccc12)c1ccc(F)cc1. The molecule has 3 N–H and O–H groups in total. The van der Waals surface area contributed by atoms with Crippen molar-refractivity contribution in [2.75, 3.05) is 6.54 Å².